The Morgan fingerprint density at radius 1 is 1.64 bits per heavy atom. The summed E-state index contributed by atoms with van der Waals surface area (Å²) >= 11 is 0. The molecule has 0 aromatic carbocycles. The van der Waals surface area contributed by atoms with Crippen LogP contribution >= 0.6 is 0 Å². The van der Waals surface area contributed by atoms with Crippen LogP contribution in [0.2, 0.25) is 0 Å². The molecular formula is C6H11LiO4. The van der Waals surface area contributed by atoms with Gasteiger partial charge in [0.05, 0.1) is 5.60 Å². The molecule has 0 fully saturated rings. The maximum absolute atomic E-state index is 9.94. The molecule has 11 heavy (non-hydrogen) atoms. The van der Waals surface area contributed by atoms with Crippen LogP contribution in [-0.2, 0) is 4.79 Å². The van der Waals surface area contributed by atoms with Crippen LogP contribution in [0.15, 0.2) is 0 Å². The average molecular weight is 154 g/mol. The van der Waals surface area contributed by atoms with E-state index in [4.69, 9.17) is 10.2 Å². The first kappa shape index (κ1) is 13.6. The predicted molar refractivity (Wildman–Crippen MR) is 32.0 cm³/mol. The Balaban J connectivity index is 0. The summed E-state index contributed by atoms with van der Waals surface area (Å²) in [5, 5.41) is 27.4. The number of aliphatic carboxylic acids is 1. The molecule has 4 nitrogen and oxygen atoms in total. The smallest absolute Gasteiger partial charge is 0.550 e. The molecule has 0 heterocycles. The Bertz CT molecular complexity index is 124. The second-order valence-corrected chi connectivity index (χ2v) is 2.52. The zero-order valence-corrected chi connectivity index (χ0v) is 6.83. The zero-order valence-electron chi connectivity index (χ0n) is 6.83. The molecule has 0 aromatic rings. The molecule has 0 aromatic heterocycles. The first-order chi connectivity index (χ1) is 4.48. The van der Waals surface area contributed by atoms with Crippen LogP contribution in [0.4, 0.5) is 0 Å². The fourth-order valence-electron chi connectivity index (χ4n) is 0.640. The van der Waals surface area contributed by atoms with Crippen molar-refractivity contribution in [3.8, 4) is 0 Å². The van der Waals surface area contributed by atoms with Crippen molar-refractivity contribution in [2.24, 2.45) is 0 Å². The van der Waals surface area contributed by atoms with Crippen LogP contribution in [0.1, 0.15) is 19.8 Å². The second-order valence-electron chi connectivity index (χ2n) is 2.52. The number of aliphatic hydroxyl groups is 2. The van der Waals surface area contributed by atoms with Crippen molar-refractivity contribution < 1.29 is 39.0 Å². The van der Waals surface area contributed by atoms with Gasteiger partial charge in [0.25, 0.3) is 0 Å². The number of carboxylic acids is 1. The van der Waals surface area contributed by atoms with Crippen LogP contribution in [0.3, 0.4) is 0 Å². The molecule has 60 valence electrons. The monoisotopic (exact) mass is 154 g/mol. The Kier molecular flexibility index (Phi) is 6.92. The molecule has 2 N–H and O–H groups in total. The number of carboxylic acid groups (broad SMARTS) is 1. The summed E-state index contributed by atoms with van der Waals surface area (Å²) in [5.74, 6) is -1.31. The van der Waals surface area contributed by atoms with Crippen LogP contribution < -0.4 is 24.0 Å². The second kappa shape index (κ2) is 5.61. The van der Waals surface area contributed by atoms with Gasteiger partial charge in [-0.05, 0) is 13.3 Å². The molecule has 0 spiro atoms. The van der Waals surface area contributed by atoms with Crippen molar-refractivity contribution in [3.05, 3.63) is 0 Å². The summed E-state index contributed by atoms with van der Waals surface area (Å²) in [6.07, 6.45) is -0.380. The number of carbonyl (C=O) groups is 1. The minimum absolute atomic E-state index is 0. The number of carbonyl (C=O) groups excluding carboxylic acids is 1. The predicted octanol–water partition coefficient (Wildman–Crippen LogP) is -4.74. The van der Waals surface area contributed by atoms with E-state index in [-0.39, 0.29) is 31.9 Å². The van der Waals surface area contributed by atoms with Crippen molar-refractivity contribution in [2.45, 2.75) is 25.4 Å². The Morgan fingerprint density at radius 3 is 2.36 bits per heavy atom. The summed E-state index contributed by atoms with van der Waals surface area (Å²) < 4.78 is 0. The van der Waals surface area contributed by atoms with Gasteiger partial charge in [0.1, 0.15) is 0 Å². The van der Waals surface area contributed by atoms with Gasteiger partial charge in [-0.25, -0.2) is 0 Å². The number of hydrogen-bond acceptors (Lipinski definition) is 4. The van der Waals surface area contributed by atoms with E-state index in [0.29, 0.717) is 0 Å². The van der Waals surface area contributed by atoms with Gasteiger partial charge in [-0.3, -0.25) is 0 Å². The summed E-state index contributed by atoms with van der Waals surface area (Å²) in [4.78, 5) is 9.94. The molecule has 0 amide bonds. The van der Waals surface area contributed by atoms with Crippen molar-refractivity contribution >= 4 is 5.97 Å². The largest absolute Gasteiger partial charge is 1.00 e. The Labute approximate surface area is 77.4 Å². The number of aliphatic hydroxyl groups excluding tert-OH is 1. The Hall–Kier alpha value is -0.0126. The first-order valence-electron chi connectivity index (χ1n) is 3.01. The topological polar surface area (TPSA) is 80.6 Å². The van der Waals surface area contributed by atoms with Gasteiger partial charge in [0, 0.05) is 19.0 Å². The molecule has 5 heteroatoms. The normalized spacial score (nSPS) is 14.8. The molecule has 0 aliphatic rings. The van der Waals surface area contributed by atoms with Crippen LogP contribution in [0.5, 0.6) is 0 Å². The molecule has 0 aliphatic heterocycles. The van der Waals surface area contributed by atoms with E-state index < -0.39 is 18.0 Å². The van der Waals surface area contributed by atoms with E-state index in [2.05, 4.69) is 0 Å². The van der Waals surface area contributed by atoms with Crippen LogP contribution in [-0.4, -0.2) is 28.4 Å². The summed E-state index contributed by atoms with van der Waals surface area (Å²) in [6, 6.07) is 0. The van der Waals surface area contributed by atoms with Gasteiger partial charge in [-0.15, -0.1) is 0 Å². The van der Waals surface area contributed by atoms with E-state index in [1.807, 2.05) is 0 Å². The van der Waals surface area contributed by atoms with Crippen LogP contribution in [0, 0.1) is 0 Å². The third-order valence-electron chi connectivity index (χ3n) is 1.18. The first-order valence-corrected chi connectivity index (χ1v) is 3.01. The van der Waals surface area contributed by atoms with E-state index in [1.165, 1.54) is 6.92 Å². The molecular weight excluding hydrogens is 143 g/mol. The van der Waals surface area contributed by atoms with Crippen molar-refractivity contribution in [1.29, 1.82) is 0 Å². The minimum atomic E-state index is -1.34. The van der Waals surface area contributed by atoms with Crippen molar-refractivity contribution in [3.63, 3.8) is 0 Å². The Morgan fingerprint density at radius 2 is 2.09 bits per heavy atom. The fraction of sp³-hybridized carbons (Fsp3) is 0.833. The zero-order chi connectivity index (χ0) is 8.20. The fourth-order valence-corrected chi connectivity index (χ4v) is 0.640. The van der Waals surface area contributed by atoms with E-state index >= 15 is 0 Å². The van der Waals surface area contributed by atoms with E-state index in [0.717, 1.165) is 0 Å². The third kappa shape index (κ3) is 7.89. The van der Waals surface area contributed by atoms with Gasteiger partial charge < -0.3 is 20.1 Å². The van der Waals surface area contributed by atoms with Gasteiger partial charge in [0.2, 0.25) is 0 Å². The van der Waals surface area contributed by atoms with Crippen molar-refractivity contribution in [1.82, 2.24) is 0 Å². The standard InChI is InChI=1S/C6H12O4.Li/c1-6(10,2-3-7)4-5(8)9;/h7,10H,2-4H2,1H3,(H,8,9);/q;+1/p-1. The van der Waals surface area contributed by atoms with Gasteiger partial charge in [-0.2, -0.15) is 0 Å². The summed E-state index contributed by atoms with van der Waals surface area (Å²) in [5.41, 5.74) is -1.34. The molecule has 0 bridgehead atoms. The molecule has 0 saturated carbocycles. The third-order valence-corrected chi connectivity index (χ3v) is 1.18. The summed E-state index contributed by atoms with van der Waals surface area (Å²) in [7, 11) is 0. The van der Waals surface area contributed by atoms with Gasteiger partial charge in [-0.1, -0.05) is 0 Å². The quantitative estimate of drug-likeness (QED) is 0.398. The molecule has 0 aliphatic carbocycles. The van der Waals surface area contributed by atoms with Gasteiger partial charge >= 0.3 is 18.9 Å². The number of hydrogen-bond donors (Lipinski definition) is 2. The molecule has 0 rings (SSSR count). The SMILES string of the molecule is CC(O)(CCO)CC(=O)[O-].[Li+]. The van der Waals surface area contributed by atoms with Crippen molar-refractivity contribution in [2.75, 3.05) is 6.61 Å². The number of rotatable bonds is 4. The molecule has 1 atom stereocenters. The van der Waals surface area contributed by atoms with E-state index in [1.54, 1.807) is 0 Å². The molecule has 1 unspecified atom stereocenters. The molecule has 0 saturated heterocycles. The molecule has 0 radical (unpaired) electrons. The minimum Gasteiger partial charge on any atom is -0.550 e. The van der Waals surface area contributed by atoms with Crippen LogP contribution in [0.25, 0.3) is 0 Å². The summed E-state index contributed by atoms with van der Waals surface area (Å²) in [6.45, 7) is 1.12. The average Bonchev–Trinajstić information content (AvgIpc) is 1.59. The van der Waals surface area contributed by atoms with Gasteiger partial charge in [0.15, 0.2) is 0 Å². The maximum atomic E-state index is 9.94. The maximum Gasteiger partial charge on any atom is 1.00 e. The van der Waals surface area contributed by atoms with E-state index in [9.17, 15) is 9.90 Å².